The van der Waals surface area contributed by atoms with Gasteiger partial charge in [-0.1, -0.05) is 0 Å². The molecule has 76 valence electrons. The molecule has 12 heavy (non-hydrogen) atoms. The number of hydrogen-bond acceptors (Lipinski definition) is 4. The minimum atomic E-state index is -0.560. The first-order valence-electron chi connectivity index (χ1n) is 3.58. The first kappa shape index (κ1) is 17.6. The van der Waals surface area contributed by atoms with Crippen LogP contribution in [0, 0.1) is 0 Å². The Morgan fingerprint density at radius 1 is 1.42 bits per heavy atom. The third-order valence-electron chi connectivity index (χ3n) is 0.264. The molecule has 0 aromatic rings. The van der Waals surface area contributed by atoms with Crippen LogP contribution in [-0.4, -0.2) is 42.9 Å². The van der Waals surface area contributed by atoms with Crippen molar-refractivity contribution in [2.24, 2.45) is 0 Å². The highest BCUT2D eigenvalue weighted by Crippen LogP contribution is 1.68. The number of rotatable bonds is 1. The average molecular weight is 180 g/mol. The third-order valence-corrected chi connectivity index (χ3v) is 0.264. The fourth-order valence-corrected chi connectivity index (χ4v) is 0. The van der Waals surface area contributed by atoms with Crippen LogP contribution in [0.3, 0.4) is 0 Å². The number of carbonyl (C=O) groups excluding carboxylic acids is 1. The summed E-state index contributed by atoms with van der Waals surface area (Å²) in [4.78, 5) is 9.44. The maximum atomic E-state index is 9.44. The van der Waals surface area contributed by atoms with Gasteiger partial charge in [0.1, 0.15) is 5.78 Å². The summed E-state index contributed by atoms with van der Waals surface area (Å²) in [6, 6.07) is 0. The van der Waals surface area contributed by atoms with Gasteiger partial charge < -0.3 is 19.7 Å². The van der Waals surface area contributed by atoms with Gasteiger partial charge in [0.2, 0.25) is 0 Å². The van der Waals surface area contributed by atoms with Gasteiger partial charge in [-0.15, -0.1) is 0 Å². The number of carbonyl (C=O) groups is 1. The van der Waals surface area contributed by atoms with Gasteiger partial charge >= 0.3 is 0 Å². The number of Topliss-reactive ketones (excluding diaryl/α,β-unsaturated/α-hetero) is 1. The molecule has 0 aliphatic rings. The van der Waals surface area contributed by atoms with Crippen molar-refractivity contribution in [3.8, 4) is 0 Å². The molecule has 4 heteroatoms. The number of methoxy groups -OCH3 is 1. The van der Waals surface area contributed by atoms with Crippen molar-refractivity contribution in [1.29, 1.82) is 0 Å². The molecule has 0 radical (unpaired) electrons. The summed E-state index contributed by atoms with van der Waals surface area (Å²) in [7, 11) is 3.25. The molecule has 0 aliphatic heterocycles. The van der Waals surface area contributed by atoms with Crippen molar-refractivity contribution in [2.75, 3.05) is 20.8 Å². The van der Waals surface area contributed by atoms with Crippen molar-refractivity contribution >= 4 is 5.78 Å². The molecule has 0 aromatic carbocycles. The zero-order valence-electron chi connectivity index (χ0n) is 8.50. The van der Waals surface area contributed by atoms with Crippen molar-refractivity contribution < 1.29 is 19.7 Å². The molecule has 0 aliphatic carbocycles. The highest BCUT2D eigenvalue weighted by atomic mass is 16.4. The SMILES string of the molecule is CC(C)=O.CC(O)CO.COC. The summed E-state index contributed by atoms with van der Waals surface area (Å²) >= 11 is 0. The van der Waals surface area contributed by atoms with Crippen LogP contribution in [-0.2, 0) is 9.53 Å². The predicted molar refractivity (Wildman–Crippen MR) is 48.1 cm³/mol. The highest BCUT2D eigenvalue weighted by Gasteiger charge is 1.83. The third kappa shape index (κ3) is 291. The van der Waals surface area contributed by atoms with Gasteiger partial charge in [0, 0.05) is 14.2 Å². The Hall–Kier alpha value is -0.450. The van der Waals surface area contributed by atoms with Crippen LogP contribution in [0.4, 0.5) is 0 Å². The molecular weight excluding hydrogens is 160 g/mol. The van der Waals surface area contributed by atoms with E-state index in [1.54, 1.807) is 14.2 Å². The van der Waals surface area contributed by atoms with Crippen LogP contribution in [0.2, 0.25) is 0 Å². The largest absolute Gasteiger partial charge is 0.394 e. The lowest BCUT2D eigenvalue weighted by Crippen LogP contribution is -2.03. The van der Waals surface area contributed by atoms with E-state index in [9.17, 15) is 4.79 Å². The first-order chi connectivity index (χ1) is 5.42. The molecule has 2 N–H and O–H groups in total. The predicted octanol–water partition coefficient (Wildman–Crippen LogP) is 0.217. The van der Waals surface area contributed by atoms with Gasteiger partial charge in [-0.25, -0.2) is 0 Å². The lowest BCUT2D eigenvalue weighted by molar-refractivity contribution is -0.114. The van der Waals surface area contributed by atoms with Crippen molar-refractivity contribution in [2.45, 2.75) is 26.9 Å². The normalized spacial score (nSPS) is 9.92. The second-order valence-corrected chi connectivity index (χ2v) is 2.35. The topological polar surface area (TPSA) is 66.8 Å². The Kier molecular flexibility index (Phi) is 24.7. The summed E-state index contributed by atoms with van der Waals surface area (Å²) in [5, 5.41) is 16.0. The molecule has 0 fully saturated rings. The quantitative estimate of drug-likeness (QED) is 0.605. The minimum Gasteiger partial charge on any atom is -0.394 e. The standard InChI is InChI=1S/C3H8O2.C3H6O.C2H6O/c1-3(5)2-4;1-3(2)4;1-3-2/h3-5H,2H2,1H3;1-2H3;1-2H3. The average Bonchev–Trinajstić information content (AvgIpc) is 1.88. The van der Waals surface area contributed by atoms with E-state index in [2.05, 4.69) is 4.74 Å². The molecule has 0 aromatic heterocycles. The van der Waals surface area contributed by atoms with Gasteiger partial charge in [-0.2, -0.15) is 0 Å². The highest BCUT2D eigenvalue weighted by molar-refractivity contribution is 5.72. The van der Waals surface area contributed by atoms with Gasteiger partial charge in [0.15, 0.2) is 0 Å². The zero-order chi connectivity index (χ0) is 10.6. The molecule has 0 saturated heterocycles. The van der Waals surface area contributed by atoms with Gasteiger partial charge in [0.25, 0.3) is 0 Å². The minimum absolute atomic E-state index is 0.139. The summed E-state index contributed by atoms with van der Waals surface area (Å²) in [5.74, 6) is 0.167. The fourth-order valence-electron chi connectivity index (χ4n) is 0. The summed E-state index contributed by atoms with van der Waals surface area (Å²) in [5.41, 5.74) is 0. The summed E-state index contributed by atoms with van der Waals surface area (Å²) in [6.07, 6.45) is -0.560. The second-order valence-electron chi connectivity index (χ2n) is 2.35. The van der Waals surface area contributed by atoms with Crippen molar-refractivity contribution in [3.63, 3.8) is 0 Å². The molecule has 0 spiro atoms. The summed E-state index contributed by atoms with van der Waals surface area (Å²) in [6.45, 7) is 4.44. The van der Waals surface area contributed by atoms with E-state index in [-0.39, 0.29) is 12.4 Å². The van der Waals surface area contributed by atoms with Crippen molar-refractivity contribution in [3.05, 3.63) is 0 Å². The monoisotopic (exact) mass is 180 g/mol. The molecule has 1 unspecified atom stereocenters. The first-order valence-corrected chi connectivity index (χ1v) is 3.58. The smallest absolute Gasteiger partial charge is 0.126 e. The number of aliphatic hydroxyl groups is 2. The molecule has 1 atom stereocenters. The molecule has 0 bridgehead atoms. The van der Waals surface area contributed by atoms with Gasteiger partial charge in [-0.05, 0) is 20.8 Å². The van der Waals surface area contributed by atoms with Crippen LogP contribution >= 0.6 is 0 Å². The van der Waals surface area contributed by atoms with E-state index in [4.69, 9.17) is 10.2 Å². The van der Waals surface area contributed by atoms with E-state index in [0.29, 0.717) is 0 Å². The second kappa shape index (κ2) is 16.9. The molecule has 0 rings (SSSR count). The van der Waals surface area contributed by atoms with E-state index >= 15 is 0 Å². The Morgan fingerprint density at radius 2 is 1.50 bits per heavy atom. The van der Waals surface area contributed by atoms with Crippen LogP contribution in [0.1, 0.15) is 20.8 Å². The molecule has 0 amide bonds. The molecule has 0 heterocycles. The van der Waals surface area contributed by atoms with E-state index in [1.165, 1.54) is 20.8 Å². The van der Waals surface area contributed by atoms with Gasteiger partial charge in [0.05, 0.1) is 12.7 Å². The number of ketones is 1. The maximum Gasteiger partial charge on any atom is 0.126 e. The van der Waals surface area contributed by atoms with E-state index in [0.717, 1.165) is 0 Å². The fraction of sp³-hybridized carbons (Fsp3) is 0.875. The van der Waals surface area contributed by atoms with Crippen LogP contribution in [0.15, 0.2) is 0 Å². The Morgan fingerprint density at radius 3 is 1.50 bits per heavy atom. The Bertz CT molecular complexity index is 77.1. The Labute approximate surface area is 74.2 Å². The lowest BCUT2D eigenvalue weighted by atomic mass is 10.5. The van der Waals surface area contributed by atoms with Gasteiger partial charge in [-0.3, -0.25) is 0 Å². The Balaban J connectivity index is -0.000000105. The lowest BCUT2D eigenvalue weighted by Gasteiger charge is -1.90. The number of ether oxygens (including phenoxy) is 1. The van der Waals surface area contributed by atoms with Crippen LogP contribution in [0.5, 0.6) is 0 Å². The van der Waals surface area contributed by atoms with Crippen LogP contribution < -0.4 is 0 Å². The number of aliphatic hydroxyl groups excluding tert-OH is 2. The van der Waals surface area contributed by atoms with Crippen molar-refractivity contribution in [1.82, 2.24) is 0 Å². The molecule has 4 nitrogen and oxygen atoms in total. The molecular formula is C8H20O4. The molecule has 0 saturated carbocycles. The van der Waals surface area contributed by atoms with E-state index < -0.39 is 6.10 Å². The maximum absolute atomic E-state index is 9.44. The van der Waals surface area contributed by atoms with E-state index in [1.807, 2.05) is 0 Å². The van der Waals surface area contributed by atoms with Crippen LogP contribution in [0.25, 0.3) is 0 Å². The number of hydrogen-bond donors (Lipinski definition) is 2. The zero-order valence-corrected chi connectivity index (χ0v) is 8.50. The summed E-state index contributed by atoms with van der Waals surface area (Å²) < 4.78 is 4.25.